The van der Waals surface area contributed by atoms with Crippen molar-refractivity contribution in [3.8, 4) is 5.69 Å². The van der Waals surface area contributed by atoms with E-state index in [4.69, 9.17) is 17.3 Å². The van der Waals surface area contributed by atoms with Crippen LogP contribution in [0.4, 0.5) is 11.5 Å². The van der Waals surface area contributed by atoms with Crippen LogP contribution in [0.15, 0.2) is 42.7 Å². The molecule has 0 spiro atoms. The summed E-state index contributed by atoms with van der Waals surface area (Å²) in [5.74, 6) is -0.117. The number of aromatic amines is 1. The molecule has 2 aromatic heterocycles. The summed E-state index contributed by atoms with van der Waals surface area (Å²) in [5.41, 5.74) is 6.87. The van der Waals surface area contributed by atoms with Crippen molar-refractivity contribution < 1.29 is 4.79 Å². The van der Waals surface area contributed by atoms with Gasteiger partial charge in [-0.2, -0.15) is 10.2 Å². The highest BCUT2D eigenvalue weighted by Gasteiger charge is 2.14. The van der Waals surface area contributed by atoms with E-state index in [-0.39, 0.29) is 17.4 Å². The molecule has 0 radical (unpaired) electrons. The highest BCUT2D eigenvalue weighted by molar-refractivity contribution is 6.33. The van der Waals surface area contributed by atoms with Crippen LogP contribution in [0.1, 0.15) is 10.5 Å². The zero-order chi connectivity index (χ0) is 14.8. The van der Waals surface area contributed by atoms with E-state index in [1.807, 2.05) is 0 Å². The Morgan fingerprint density at radius 3 is 2.90 bits per heavy atom. The largest absolute Gasteiger partial charge is 0.382 e. The normalized spacial score (nSPS) is 10.5. The Morgan fingerprint density at radius 1 is 1.38 bits per heavy atom. The summed E-state index contributed by atoms with van der Waals surface area (Å²) in [4.78, 5) is 12.1. The van der Waals surface area contributed by atoms with Crippen LogP contribution in [0.3, 0.4) is 0 Å². The monoisotopic (exact) mass is 302 g/mol. The number of hydrogen-bond acceptors (Lipinski definition) is 4. The number of anilines is 2. The second kappa shape index (κ2) is 5.29. The minimum atomic E-state index is -0.366. The third-order valence-corrected chi connectivity index (χ3v) is 3.12. The number of carbonyl (C=O) groups is 1. The summed E-state index contributed by atoms with van der Waals surface area (Å²) in [6.45, 7) is 0. The molecular formula is C13H11ClN6O. The van der Waals surface area contributed by atoms with Crippen LogP contribution >= 0.6 is 11.6 Å². The summed E-state index contributed by atoms with van der Waals surface area (Å²) in [6, 6.07) is 8.42. The molecule has 3 aromatic rings. The molecule has 0 aliphatic heterocycles. The molecule has 0 unspecified atom stereocenters. The molecule has 0 aliphatic carbocycles. The number of halogens is 1. The second-order valence-corrected chi connectivity index (χ2v) is 4.65. The number of aromatic nitrogens is 4. The maximum atomic E-state index is 12.1. The number of benzene rings is 1. The third-order valence-electron chi connectivity index (χ3n) is 2.81. The first kappa shape index (κ1) is 13.2. The van der Waals surface area contributed by atoms with Gasteiger partial charge in [-0.3, -0.25) is 9.89 Å². The molecule has 1 aromatic carbocycles. The van der Waals surface area contributed by atoms with Crippen molar-refractivity contribution in [2.45, 2.75) is 0 Å². The number of nitrogens with one attached hydrogen (secondary N) is 2. The molecule has 0 fully saturated rings. The lowest BCUT2D eigenvalue weighted by Crippen LogP contribution is -2.14. The van der Waals surface area contributed by atoms with Crippen molar-refractivity contribution in [3.63, 3.8) is 0 Å². The van der Waals surface area contributed by atoms with E-state index in [9.17, 15) is 4.79 Å². The molecule has 0 aliphatic rings. The van der Waals surface area contributed by atoms with Gasteiger partial charge in [-0.25, -0.2) is 4.68 Å². The van der Waals surface area contributed by atoms with Crippen LogP contribution < -0.4 is 11.1 Å². The highest BCUT2D eigenvalue weighted by atomic mass is 35.5. The minimum Gasteiger partial charge on any atom is -0.382 e. The van der Waals surface area contributed by atoms with Gasteiger partial charge in [0.1, 0.15) is 17.2 Å². The Kier molecular flexibility index (Phi) is 3.33. The van der Waals surface area contributed by atoms with E-state index in [0.29, 0.717) is 16.4 Å². The average molecular weight is 303 g/mol. The Hall–Kier alpha value is -2.80. The smallest absolute Gasteiger partial charge is 0.273 e. The fourth-order valence-corrected chi connectivity index (χ4v) is 2.15. The molecular weight excluding hydrogens is 292 g/mol. The van der Waals surface area contributed by atoms with Crippen LogP contribution in [-0.4, -0.2) is 25.9 Å². The van der Waals surface area contributed by atoms with E-state index in [1.54, 1.807) is 41.3 Å². The van der Waals surface area contributed by atoms with Gasteiger partial charge in [0.15, 0.2) is 0 Å². The number of H-pyrrole nitrogens is 1. The maximum Gasteiger partial charge on any atom is 0.273 e. The molecule has 8 heteroatoms. The SMILES string of the molecule is Nc1cc(C(=O)Nc2cccc(Cl)c2-n2cccn2)[nH]n1. The van der Waals surface area contributed by atoms with E-state index in [0.717, 1.165) is 0 Å². The van der Waals surface area contributed by atoms with Gasteiger partial charge in [0.05, 0.1) is 10.7 Å². The van der Waals surface area contributed by atoms with E-state index in [2.05, 4.69) is 20.6 Å². The fourth-order valence-electron chi connectivity index (χ4n) is 1.89. The second-order valence-electron chi connectivity index (χ2n) is 4.25. The molecule has 21 heavy (non-hydrogen) atoms. The lowest BCUT2D eigenvalue weighted by Gasteiger charge is -2.12. The molecule has 0 atom stereocenters. The number of nitrogen functional groups attached to an aromatic ring is 1. The van der Waals surface area contributed by atoms with Gasteiger partial charge in [-0.1, -0.05) is 17.7 Å². The zero-order valence-corrected chi connectivity index (χ0v) is 11.5. The van der Waals surface area contributed by atoms with Gasteiger partial charge in [-0.05, 0) is 18.2 Å². The van der Waals surface area contributed by atoms with Crippen LogP contribution in [0, 0.1) is 0 Å². The van der Waals surface area contributed by atoms with Gasteiger partial charge < -0.3 is 11.1 Å². The maximum absolute atomic E-state index is 12.1. The number of amides is 1. The molecule has 0 saturated heterocycles. The predicted molar refractivity (Wildman–Crippen MR) is 79.5 cm³/mol. The van der Waals surface area contributed by atoms with Crippen molar-refractivity contribution in [1.29, 1.82) is 0 Å². The Balaban J connectivity index is 1.96. The van der Waals surface area contributed by atoms with Gasteiger partial charge in [-0.15, -0.1) is 0 Å². The number of nitrogens with zero attached hydrogens (tertiary/aromatic N) is 3. The number of nitrogens with two attached hydrogens (primary N) is 1. The first-order chi connectivity index (χ1) is 10.1. The van der Waals surface area contributed by atoms with Crippen LogP contribution in [0.5, 0.6) is 0 Å². The Labute approximate surface area is 124 Å². The van der Waals surface area contributed by atoms with Gasteiger partial charge in [0.2, 0.25) is 0 Å². The summed E-state index contributed by atoms with van der Waals surface area (Å²) in [6.07, 6.45) is 3.37. The molecule has 0 saturated carbocycles. The minimum absolute atomic E-state index is 0.249. The standard InChI is InChI=1S/C13H11ClN6O/c14-8-3-1-4-9(12(8)20-6-2-5-16-20)17-13(21)10-7-11(15)19-18-10/h1-7H,(H,17,21)(H3,15,18,19). The van der Waals surface area contributed by atoms with Crippen LogP contribution in [0.25, 0.3) is 5.69 Å². The summed E-state index contributed by atoms with van der Waals surface area (Å²) < 4.78 is 1.58. The summed E-state index contributed by atoms with van der Waals surface area (Å²) in [5, 5.41) is 13.6. The van der Waals surface area contributed by atoms with Gasteiger partial charge >= 0.3 is 0 Å². The van der Waals surface area contributed by atoms with Crippen LogP contribution in [-0.2, 0) is 0 Å². The number of hydrogen-bond donors (Lipinski definition) is 3. The average Bonchev–Trinajstić information content (AvgIpc) is 3.10. The predicted octanol–water partition coefficient (Wildman–Crippen LogP) is 2.08. The van der Waals surface area contributed by atoms with Crippen molar-refractivity contribution in [2.24, 2.45) is 0 Å². The molecule has 3 rings (SSSR count). The van der Waals surface area contributed by atoms with E-state index >= 15 is 0 Å². The fraction of sp³-hybridized carbons (Fsp3) is 0. The Bertz CT molecular complexity index is 780. The van der Waals surface area contributed by atoms with Crippen LogP contribution in [0.2, 0.25) is 5.02 Å². The zero-order valence-electron chi connectivity index (χ0n) is 10.7. The molecule has 1 amide bonds. The van der Waals surface area contributed by atoms with Gasteiger partial charge in [0.25, 0.3) is 5.91 Å². The van der Waals surface area contributed by atoms with Crippen molar-refractivity contribution in [3.05, 3.63) is 53.4 Å². The summed E-state index contributed by atoms with van der Waals surface area (Å²) >= 11 is 6.20. The molecule has 4 N–H and O–H groups in total. The van der Waals surface area contributed by atoms with E-state index in [1.165, 1.54) is 6.07 Å². The highest BCUT2D eigenvalue weighted by Crippen LogP contribution is 2.28. The first-order valence-electron chi connectivity index (χ1n) is 6.06. The number of rotatable bonds is 3. The van der Waals surface area contributed by atoms with Crippen molar-refractivity contribution in [2.75, 3.05) is 11.1 Å². The number of carbonyl (C=O) groups excluding carboxylic acids is 1. The first-order valence-corrected chi connectivity index (χ1v) is 6.43. The van der Waals surface area contributed by atoms with E-state index < -0.39 is 0 Å². The third kappa shape index (κ3) is 2.59. The topological polar surface area (TPSA) is 102 Å². The van der Waals surface area contributed by atoms with Gasteiger partial charge in [0, 0.05) is 18.5 Å². The lowest BCUT2D eigenvalue weighted by molar-refractivity contribution is 0.102. The quantitative estimate of drug-likeness (QED) is 0.689. The molecule has 7 nitrogen and oxygen atoms in total. The van der Waals surface area contributed by atoms with Crippen molar-refractivity contribution in [1.82, 2.24) is 20.0 Å². The Morgan fingerprint density at radius 2 is 2.24 bits per heavy atom. The van der Waals surface area contributed by atoms with Crippen molar-refractivity contribution >= 4 is 29.0 Å². The molecule has 0 bridgehead atoms. The number of para-hydroxylation sites is 1. The molecule has 2 heterocycles. The lowest BCUT2D eigenvalue weighted by atomic mass is 10.2. The summed E-state index contributed by atoms with van der Waals surface area (Å²) in [7, 11) is 0. The molecule has 106 valence electrons.